The number of nitrogens with one attached hydrogen (secondary N) is 1. The number of rotatable bonds is 7. The average Bonchev–Trinajstić information content (AvgIpc) is 3.57. The second-order valence-corrected chi connectivity index (χ2v) is 10.1. The summed E-state index contributed by atoms with van der Waals surface area (Å²) < 4.78 is 2.06. The topological polar surface area (TPSA) is 49.2 Å². The van der Waals surface area contributed by atoms with Crippen LogP contribution in [0.1, 0.15) is 24.0 Å². The number of benzene rings is 2. The highest BCUT2D eigenvalue weighted by molar-refractivity contribution is 5.82. The van der Waals surface area contributed by atoms with Crippen LogP contribution in [0.3, 0.4) is 0 Å². The third kappa shape index (κ3) is 4.81. The Hall–Kier alpha value is -3.22. The summed E-state index contributed by atoms with van der Waals surface area (Å²) in [5, 5.41) is 3.74. The number of imidazole rings is 1. The molecule has 35 heavy (non-hydrogen) atoms. The fourth-order valence-electron chi connectivity index (χ4n) is 5.66. The molecule has 6 rings (SSSR count). The maximum atomic E-state index is 4.56. The zero-order valence-corrected chi connectivity index (χ0v) is 20.5. The molecule has 1 N–H and O–H groups in total. The first-order valence-electron chi connectivity index (χ1n) is 12.9. The first kappa shape index (κ1) is 22.3. The number of pyridine rings is 1. The van der Waals surface area contributed by atoms with Crippen LogP contribution < -0.4 is 5.32 Å². The summed E-state index contributed by atoms with van der Waals surface area (Å²) in [6.07, 6.45) is 9.54. The minimum atomic E-state index is 0.497. The van der Waals surface area contributed by atoms with Crippen molar-refractivity contribution in [3.63, 3.8) is 0 Å². The zero-order valence-electron chi connectivity index (χ0n) is 20.5. The molecule has 0 spiro atoms. The highest BCUT2D eigenvalue weighted by atomic mass is 15.2. The Morgan fingerprint density at radius 1 is 0.943 bits per heavy atom. The third-order valence-electron chi connectivity index (χ3n) is 7.67. The molecule has 1 atom stereocenters. The maximum Gasteiger partial charge on any atom is 0.0955 e. The van der Waals surface area contributed by atoms with Gasteiger partial charge in [0, 0.05) is 57.2 Å². The number of anilines is 1. The highest BCUT2D eigenvalue weighted by Gasteiger charge is 2.26. The van der Waals surface area contributed by atoms with E-state index in [1.54, 1.807) is 0 Å². The van der Waals surface area contributed by atoms with E-state index >= 15 is 0 Å². The summed E-state index contributed by atoms with van der Waals surface area (Å²) in [7, 11) is 2.04. The Morgan fingerprint density at radius 2 is 1.80 bits per heavy atom. The molecule has 0 amide bonds. The number of aromatic nitrogens is 3. The molecule has 2 aliphatic heterocycles. The van der Waals surface area contributed by atoms with E-state index in [0.717, 1.165) is 54.9 Å². The molecule has 6 heteroatoms. The number of aryl methyl sites for hydroxylation is 1. The van der Waals surface area contributed by atoms with Crippen LogP contribution in [0.4, 0.5) is 5.69 Å². The van der Waals surface area contributed by atoms with Crippen molar-refractivity contribution in [1.82, 2.24) is 24.3 Å². The van der Waals surface area contributed by atoms with E-state index in [1.807, 2.05) is 25.8 Å². The van der Waals surface area contributed by atoms with Gasteiger partial charge in [0.25, 0.3) is 0 Å². The summed E-state index contributed by atoms with van der Waals surface area (Å²) in [4.78, 5) is 14.3. The van der Waals surface area contributed by atoms with E-state index in [-0.39, 0.29) is 0 Å². The second kappa shape index (κ2) is 9.80. The van der Waals surface area contributed by atoms with Crippen LogP contribution in [0.5, 0.6) is 0 Å². The SMILES string of the molecule is Cn1cnc2ccc(-c3cncc(NCC(CN4CCc5ccccc5C4)N4CCCC4)c3)cc21. The van der Waals surface area contributed by atoms with Crippen LogP contribution in [0.15, 0.2) is 67.3 Å². The largest absolute Gasteiger partial charge is 0.382 e. The lowest BCUT2D eigenvalue weighted by molar-refractivity contribution is 0.158. The zero-order chi connectivity index (χ0) is 23.6. The van der Waals surface area contributed by atoms with Crippen LogP contribution >= 0.6 is 0 Å². The standard InChI is InChI=1S/C29H34N6/c1-33-21-32-28-9-8-23(15-29(28)33)25-14-26(17-30-16-25)31-18-27(35-11-4-5-12-35)20-34-13-10-22-6-2-3-7-24(22)19-34/h2-3,6-9,14-17,21,27,31H,4-5,10-13,18-20H2,1H3. The van der Waals surface area contributed by atoms with E-state index < -0.39 is 0 Å². The van der Waals surface area contributed by atoms with Gasteiger partial charge in [0.1, 0.15) is 0 Å². The molecule has 2 aliphatic rings. The Labute approximate surface area is 207 Å². The predicted molar refractivity (Wildman–Crippen MR) is 142 cm³/mol. The van der Waals surface area contributed by atoms with E-state index in [2.05, 4.69) is 78.2 Å². The maximum absolute atomic E-state index is 4.56. The van der Waals surface area contributed by atoms with Gasteiger partial charge in [-0.15, -0.1) is 0 Å². The molecule has 1 fully saturated rings. The first-order chi connectivity index (χ1) is 17.2. The Kier molecular flexibility index (Phi) is 6.23. The lowest BCUT2D eigenvalue weighted by Crippen LogP contribution is -2.47. The molecule has 1 unspecified atom stereocenters. The summed E-state index contributed by atoms with van der Waals surface area (Å²) in [6.45, 7) is 6.66. The number of hydrogen-bond donors (Lipinski definition) is 1. The second-order valence-electron chi connectivity index (χ2n) is 10.1. The summed E-state index contributed by atoms with van der Waals surface area (Å²) in [6, 6.07) is 18.1. The number of nitrogens with zero attached hydrogens (tertiary/aromatic N) is 5. The Bertz CT molecular complexity index is 1310. The minimum absolute atomic E-state index is 0.497. The first-order valence-corrected chi connectivity index (χ1v) is 12.9. The van der Waals surface area contributed by atoms with Crippen molar-refractivity contribution in [2.75, 3.05) is 38.0 Å². The van der Waals surface area contributed by atoms with Crippen molar-refractivity contribution in [2.45, 2.75) is 31.8 Å². The Balaban J connectivity index is 1.16. The van der Waals surface area contributed by atoms with Crippen molar-refractivity contribution < 1.29 is 0 Å². The van der Waals surface area contributed by atoms with E-state index in [4.69, 9.17) is 0 Å². The molecule has 0 bridgehead atoms. The van der Waals surface area contributed by atoms with Gasteiger partial charge < -0.3 is 9.88 Å². The molecular weight excluding hydrogens is 432 g/mol. The number of likely N-dealkylation sites (tertiary alicyclic amines) is 1. The lowest BCUT2D eigenvalue weighted by Gasteiger charge is -2.36. The fraction of sp³-hybridized carbons (Fsp3) is 0.379. The van der Waals surface area contributed by atoms with Crippen molar-refractivity contribution in [1.29, 1.82) is 0 Å². The molecule has 2 aromatic heterocycles. The van der Waals surface area contributed by atoms with Gasteiger partial charge in [0.15, 0.2) is 0 Å². The summed E-state index contributed by atoms with van der Waals surface area (Å²) in [5.74, 6) is 0. The molecule has 0 aliphatic carbocycles. The van der Waals surface area contributed by atoms with Crippen molar-refractivity contribution >= 4 is 16.7 Å². The molecule has 1 saturated heterocycles. The van der Waals surface area contributed by atoms with Crippen molar-refractivity contribution in [3.8, 4) is 11.1 Å². The third-order valence-corrected chi connectivity index (χ3v) is 7.67. The van der Waals surface area contributed by atoms with Gasteiger partial charge in [-0.25, -0.2) is 4.98 Å². The van der Waals surface area contributed by atoms with Crippen LogP contribution in [0.2, 0.25) is 0 Å². The molecular formula is C29H34N6. The van der Waals surface area contributed by atoms with Gasteiger partial charge in [-0.3, -0.25) is 14.8 Å². The number of fused-ring (bicyclic) bond motifs is 2. The van der Waals surface area contributed by atoms with E-state index in [1.165, 1.54) is 42.6 Å². The van der Waals surface area contributed by atoms with Crippen LogP contribution in [-0.4, -0.2) is 63.1 Å². The summed E-state index contributed by atoms with van der Waals surface area (Å²) >= 11 is 0. The van der Waals surface area contributed by atoms with Crippen LogP contribution in [0, 0.1) is 0 Å². The molecule has 0 radical (unpaired) electrons. The molecule has 6 nitrogen and oxygen atoms in total. The monoisotopic (exact) mass is 466 g/mol. The molecule has 180 valence electrons. The van der Waals surface area contributed by atoms with Crippen molar-refractivity contribution in [2.24, 2.45) is 7.05 Å². The average molecular weight is 467 g/mol. The smallest absolute Gasteiger partial charge is 0.0955 e. The minimum Gasteiger partial charge on any atom is -0.382 e. The van der Waals surface area contributed by atoms with E-state index in [9.17, 15) is 0 Å². The van der Waals surface area contributed by atoms with Crippen LogP contribution in [0.25, 0.3) is 22.2 Å². The highest BCUT2D eigenvalue weighted by Crippen LogP contribution is 2.26. The van der Waals surface area contributed by atoms with Gasteiger partial charge in [-0.05, 0) is 67.2 Å². The molecule has 0 saturated carbocycles. The molecule has 4 heterocycles. The molecule has 4 aromatic rings. The fourth-order valence-corrected chi connectivity index (χ4v) is 5.66. The van der Waals surface area contributed by atoms with Gasteiger partial charge in [-0.1, -0.05) is 30.3 Å². The number of hydrogen-bond acceptors (Lipinski definition) is 5. The Morgan fingerprint density at radius 3 is 2.69 bits per heavy atom. The van der Waals surface area contributed by atoms with Gasteiger partial charge in [0.2, 0.25) is 0 Å². The summed E-state index contributed by atoms with van der Waals surface area (Å²) in [5.41, 5.74) is 8.55. The van der Waals surface area contributed by atoms with Gasteiger partial charge in [0.05, 0.1) is 23.0 Å². The molecule has 2 aromatic carbocycles. The quantitative estimate of drug-likeness (QED) is 0.432. The van der Waals surface area contributed by atoms with Crippen LogP contribution in [-0.2, 0) is 20.0 Å². The normalized spacial score (nSPS) is 17.5. The van der Waals surface area contributed by atoms with E-state index in [0.29, 0.717) is 6.04 Å². The predicted octanol–water partition coefficient (Wildman–Crippen LogP) is 4.57. The lowest BCUT2D eigenvalue weighted by atomic mass is 9.99. The van der Waals surface area contributed by atoms with Gasteiger partial charge >= 0.3 is 0 Å². The van der Waals surface area contributed by atoms with Crippen molar-refractivity contribution in [3.05, 3.63) is 78.4 Å². The van der Waals surface area contributed by atoms with Gasteiger partial charge in [-0.2, -0.15) is 0 Å².